The molecule has 0 amide bonds. The van der Waals surface area contributed by atoms with Gasteiger partial charge in [0.1, 0.15) is 0 Å². The molecule has 1 rings (SSSR count). The van der Waals surface area contributed by atoms with Gasteiger partial charge in [0.05, 0.1) is 0 Å². The zero-order valence-electron chi connectivity index (χ0n) is 6.45. The molecule has 0 bridgehead atoms. The number of rotatable bonds is 1. The van der Waals surface area contributed by atoms with Crippen molar-refractivity contribution in [2.75, 3.05) is 0 Å². The molecule has 74 valence electrons. The fraction of sp³-hybridized carbons (Fsp3) is 0.143. The second kappa shape index (κ2) is 6.49. The summed E-state index contributed by atoms with van der Waals surface area (Å²) in [4.78, 5) is 0. The van der Waals surface area contributed by atoms with E-state index in [1.807, 2.05) is 30.3 Å². The van der Waals surface area contributed by atoms with Gasteiger partial charge in [-0.05, 0) is 5.56 Å². The van der Waals surface area contributed by atoms with Crippen molar-refractivity contribution in [2.45, 2.75) is 5.88 Å². The summed E-state index contributed by atoms with van der Waals surface area (Å²) >= 11 is 5.53. The lowest BCUT2D eigenvalue weighted by Gasteiger charge is -1.88. The summed E-state index contributed by atoms with van der Waals surface area (Å²) in [7, 11) is 4.81. The Balaban J connectivity index is 0.000000252. The molecule has 2 nitrogen and oxygen atoms in total. The predicted molar refractivity (Wildman–Crippen MR) is 56.6 cm³/mol. The van der Waals surface area contributed by atoms with Gasteiger partial charge in [0.2, 0.25) is 0 Å². The lowest BCUT2D eigenvalue weighted by Crippen LogP contribution is -1.71. The molecule has 0 fully saturated rings. The molecule has 0 saturated heterocycles. The van der Waals surface area contributed by atoms with Crippen LogP contribution in [-0.2, 0) is 14.1 Å². The predicted octanol–water partition coefficient (Wildman–Crippen LogP) is 3.13. The van der Waals surface area contributed by atoms with Gasteiger partial charge < -0.3 is 0 Å². The van der Waals surface area contributed by atoms with Crippen LogP contribution >= 0.6 is 33.0 Å². The lowest BCUT2D eigenvalue weighted by atomic mass is 10.2. The maximum absolute atomic E-state index is 9.16. The van der Waals surface area contributed by atoms with Gasteiger partial charge in [0, 0.05) is 27.2 Å². The van der Waals surface area contributed by atoms with Gasteiger partial charge in [-0.25, -0.2) is 0 Å². The summed E-state index contributed by atoms with van der Waals surface area (Å²) in [5.74, 6) is 0.612. The zero-order chi connectivity index (χ0) is 10.3. The van der Waals surface area contributed by atoms with E-state index in [1.165, 1.54) is 5.56 Å². The molecule has 13 heavy (non-hydrogen) atoms. The molecule has 0 aliphatic rings. The first-order chi connectivity index (χ1) is 5.93. The first-order valence-electron chi connectivity index (χ1n) is 3.17. The summed E-state index contributed by atoms with van der Waals surface area (Å²) in [5, 5.41) is 0. The van der Waals surface area contributed by atoms with Gasteiger partial charge in [-0.2, -0.15) is 8.42 Å². The highest BCUT2D eigenvalue weighted by molar-refractivity contribution is 8.31. The molecule has 0 saturated carbocycles. The van der Waals surface area contributed by atoms with Gasteiger partial charge in [-0.1, -0.05) is 30.3 Å². The molecule has 0 radical (unpaired) electrons. The second-order valence-electron chi connectivity index (χ2n) is 2.00. The number of halogens is 3. The van der Waals surface area contributed by atoms with Crippen molar-refractivity contribution in [3.8, 4) is 0 Å². The molecule has 1 aromatic carbocycles. The fourth-order valence-electron chi connectivity index (χ4n) is 0.567. The first kappa shape index (κ1) is 13.0. The molecular weight excluding hydrogens is 255 g/mol. The van der Waals surface area contributed by atoms with Crippen molar-refractivity contribution in [1.82, 2.24) is 0 Å². The Labute approximate surface area is 91.3 Å². The molecule has 0 N–H and O–H groups in total. The molecule has 0 aliphatic carbocycles. The Bertz CT molecular complexity index is 315. The van der Waals surface area contributed by atoms with E-state index in [0.29, 0.717) is 5.88 Å². The van der Waals surface area contributed by atoms with Gasteiger partial charge in [0.25, 0.3) is 0 Å². The average molecular weight is 262 g/mol. The van der Waals surface area contributed by atoms with Crippen molar-refractivity contribution in [2.24, 2.45) is 0 Å². The van der Waals surface area contributed by atoms with E-state index in [2.05, 4.69) is 21.4 Å². The Morgan fingerprint density at radius 3 is 1.69 bits per heavy atom. The van der Waals surface area contributed by atoms with Crippen molar-refractivity contribution < 1.29 is 8.42 Å². The van der Waals surface area contributed by atoms with Crippen LogP contribution in [-0.4, -0.2) is 8.42 Å². The highest BCUT2D eigenvalue weighted by Crippen LogP contribution is 2.00. The van der Waals surface area contributed by atoms with Crippen LogP contribution < -0.4 is 0 Å². The number of benzene rings is 1. The third-order valence-corrected chi connectivity index (χ3v) is 1.31. The molecule has 0 unspecified atom stereocenters. The molecule has 0 aliphatic heterocycles. The Morgan fingerprint density at radius 1 is 1.08 bits per heavy atom. The summed E-state index contributed by atoms with van der Waals surface area (Å²) in [5.41, 5.74) is 1.18. The monoisotopic (exact) mass is 260 g/mol. The summed E-state index contributed by atoms with van der Waals surface area (Å²) < 4.78 is 18.3. The van der Waals surface area contributed by atoms with Gasteiger partial charge in [-0.3, -0.25) is 0 Å². The van der Waals surface area contributed by atoms with Crippen LogP contribution in [0.2, 0.25) is 0 Å². The number of hydrogen-bond acceptors (Lipinski definition) is 2. The summed E-state index contributed by atoms with van der Waals surface area (Å²) in [6.45, 7) is 0. The van der Waals surface area contributed by atoms with E-state index in [0.717, 1.165) is 0 Å². The molecule has 1 aromatic rings. The molecule has 0 atom stereocenters. The molecule has 0 spiro atoms. The minimum absolute atomic E-state index is 0.612. The van der Waals surface area contributed by atoms with Crippen molar-refractivity contribution in [3.05, 3.63) is 35.9 Å². The van der Waals surface area contributed by atoms with E-state index in [-0.39, 0.29) is 0 Å². The van der Waals surface area contributed by atoms with Crippen LogP contribution in [0.5, 0.6) is 0 Å². The standard InChI is InChI=1S/C7H7Cl.Cl2O2S/c8-6-7-4-2-1-3-5-7;1-5(2,3)4/h1-5H,6H2;. The van der Waals surface area contributed by atoms with Crippen molar-refractivity contribution >= 4 is 41.2 Å². The van der Waals surface area contributed by atoms with E-state index < -0.39 is 8.26 Å². The number of alkyl halides is 1. The van der Waals surface area contributed by atoms with E-state index >= 15 is 0 Å². The third-order valence-electron chi connectivity index (χ3n) is 0.997. The molecule has 0 aromatic heterocycles. The van der Waals surface area contributed by atoms with Gasteiger partial charge >= 0.3 is 8.26 Å². The van der Waals surface area contributed by atoms with Crippen molar-refractivity contribution in [1.29, 1.82) is 0 Å². The van der Waals surface area contributed by atoms with Crippen molar-refractivity contribution in [3.63, 3.8) is 0 Å². The van der Waals surface area contributed by atoms with E-state index in [1.54, 1.807) is 0 Å². The smallest absolute Gasteiger partial charge is 0.195 e. The van der Waals surface area contributed by atoms with Gasteiger partial charge in [-0.15, -0.1) is 11.6 Å². The van der Waals surface area contributed by atoms with Gasteiger partial charge in [0.15, 0.2) is 0 Å². The molecule has 0 heterocycles. The highest BCUT2D eigenvalue weighted by Gasteiger charge is 1.88. The van der Waals surface area contributed by atoms with Crippen LogP contribution in [0.3, 0.4) is 0 Å². The topological polar surface area (TPSA) is 34.1 Å². The first-order valence-corrected chi connectivity index (χ1v) is 6.84. The van der Waals surface area contributed by atoms with E-state index in [9.17, 15) is 0 Å². The minimum Gasteiger partial charge on any atom is -0.195 e. The van der Waals surface area contributed by atoms with Crippen LogP contribution in [0.1, 0.15) is 5.56 Å². The zero-order valence-corrected chi connectivity index (χ0v) is 9.54. The quantitative estimate of drug-likeness (QED) is 0.575. The van der Waals surface area contributed by atoms with Crippen LogP contribution in [0.25, 0.3) is 0 Å². The third kappa shape index (κ3) is 12.0. The Morgan fingerprint density at radius 2 is 1.46 bits per heavy atom. The normalized spacial score (nSPS) is 10.1. The van der Waals surface area contributed by atoms with Crippen LogP contribution in [0, 0.1) is 0 Å². The maximum Gasteiger partial charge on any atom is 0.317 e. The SMILES string of the molecule is ClCc1ccccc1.O=S(=O)(Cl)Cl. The van der Waals surface area contributed by atoms with E-state index in [4.69, 9.17) is 20.0 Å². The molecule has 6 heteroatoms. The maximum atomic E-state index is 9.16. The van der Waals surface area contributed by atoms with Crippen LogP contribution in [0.4, 0.5) is 0 Å². The Hall–Kier alpha value is 0.0400. The minimum atomic E-state index is -3.72. The summed E-state index contributed by atoms with van der Waals surface area (Å²) in [6.07, 6.45) is 0. The number of hydrogen-bond donors (Lipinski definition) is 0. The second-order valence-corrected chi connectivity index (χ2v) is 5.93. The summed E-state index contributed by atoms with van der Waals surface area (Å²) in [6, 6.07) is 9.96. The average Bonchev–Trinajstić information content (AvgIpc) is 2.03. The Kier molecular flexibility index (Phi) is 6.51. The van der Waals surface area contributed by atoms with Crippen LogP contribution in [0.15, 0.2) is 30.3 Å². The largest absolute Gasteiger partial charge is 0.317 e. The highest BCUT2D eigenvalue weighted by atomic mass is 36.0. The lowest BCUT2D eigenvalue weighted by molar-refractivity contribution is 0.621. The molecular formula is C7H7Cl3O2S. The fourth-order valence-corrected chi connectivity index (χ4v) is 0.745.